The van der Waals surface area contributed by atoms with E-state index in [-0.39, 0.29) is 27.7 Å². The number of carbonyl (C=O) groups is 1. The third-order valence-electron chi connectivity index (χ3n) is 7.76. The fraction of sp³-hybridized carbons (Fsp3) is 0.370. The molecule has 0 radical (unpaired) electrons. The number of nitrogens with zero attached hydrogens (tertiary/aromatic N) is 5. The van der Waals surface area contributed by atoms with Crippen LogP contribution < -0.4 is 20.9 Å². The molecule has 0 spiro atoms. The van der Waals surface area contributed by atoms with E-state index in [4.69, 9.17) is 25.5 Å². The number of primary amides is 1. The van der Waals surface area contributed by atoms with Crippen molar-refractivity contribution in [1.82, 2.24) is 19.5 Å². The first-order valence-electron chi connectivity index (χ1n) is 14.8. The van der Waals surface area contributed by atoms with Crippen LogP contribution in [0.15, 0.2) is 71.2 Å². The molecule has 24 heteroatoms. The molecule has 6 rings (SSSR count). The predicted molar refractivity (Wildman–Crippen MR) is 168 cm³/mol. The van der Waals surface area contributed by atoms with E-state index in [0.717, 1.165) is 23.0 Å². The molecule has 2 aliphatic rings. The number of imidazole rings is 1. The molecule has 1 aromatic carbocycles. The Morgan fingerprint density at radius 1 is 0.980 bits per heavy atom. The van der Waals surface area contributed by atoms with Crippen LogP contribution in [0.5, 0.6) is 0 Å². The first-order valence-corrected chi connectivity index (χ1v) is 18.6. The first-order chi connectivity index (χ1) is 24.1. The summed E-state index contributed by atoms with van der Waals surface area (Å²) < 4.78 is 52.7. The predicted octanol–water partition coefficient (Wildman–Crippen LogP) is -1.50. The molecule has 3 aromatic heterocycles. The van der Waals surface area contributed by atoms with E-state index in [1.54, 1.807) is 24.3 Å². The lowest BCUT2D eigenvalue weighted by molar-refractivity contribution is -0.765. The summed E-state index contributed by atoms with van der Waals surface area (Å²) in [5.74, 6) is -0.745. The number of aliphatic hydroxyl groups is 4. The van der Waals surface area contributed by atoms with Crippen molar-refractivity contribution in [1.29, 1.82) is 0 Å². The van der Waals surface area contributed by atoms with Gasteiger partial charge in [0, 0.05) is 11.0 Å². The zero-order chi connectivity index (χ0) is 36.7. The highest BCUT2D eigenvalue weighted by atomic mass is 32.2. The molecule has 0 saturated carbocycles. The molecule has 4 aromatic rings. The van der Waals surface area contributed by atoms with Crippen molar-refractivity contribution in [3.63, 3.8) is 0 Å². The molecular formula is C27H31N7O14P2S. The Morgan fingerprint density at radius 3 is 2.39 bits per heavy atom. The number of nitrogens with two attached hydrogens (primary N) is 2. The lowest BCUT2D eigenvalue weighted by Gasteiger charge is -2.26. The van der Waals surface area contributed by atoms with Gasteiger partial charge in [0.2, 0.25) is 0 Å². The third kappa shape index (κ3) is 8.14. The van der Waals surface area contributed by atoms with Crippen LogP contribution in [-0.4, -0.2) is 101 Å². The number of carbonyl (C=O) groups excluding carboxylic acids is 1. The number of rotatable bonds is 13. The van der Waals surface area contributed by atoms with Gasteiger partial charge < -0.3 is 55.7 Å². The van der Waals surface area contributed by atoms with Crippen LogP contribution in [0.4, 0.5) is 5.82 Å². The summed E-state index contributed by atoms with van der Waals surface area (Å²) in [6, 6.07) is 11.8. The Morgan fingerprint density at radius 2 is 1.67 bits per heavy atom. The van der Waals surface area contributed by atoms with Crippen molar-refractivity contribution in [3.8, 4) is 0 Å². The van der Waals surface area contributed by atoms with Gasteiger partial charge in [-0.2, -0.15) is 4.57 Å². The van der Waals surface area contributed by atoms with Gasteiger partial charge >= 0.3 is 7.82 Å². The second-order valence-corrected chi connectivity index (χ2v) is 15.2. The van der Waals surface area contributed by atoms with Gasteiger partial charge in [-0.15, -0.1) is 0 Å². The van der Waals surface area contributed by atoms with Crippen molar-refractivity contribution < 1.29 is 71.5 Å². The number of nitrogen functional groups attached to an aromatic ring is 1. The molecule has 2 saturated heterocycles. The summed E-state index contributed by atoms with van der Waals surface area (Å²) in [7, 11) is -11.2. The minimum absolute atomic E-state index is 0.0306. The van der Waals surface area contributed by atoms with E-state index in [9.17, 15) is 44.1 Å². The molecule has 1 amide bonds. The Bertz CT molecular complexity index is 2000. The molecule has 21 nitrogen and oxygen atoms in total. The maximum atomic E-state index is 12.6. The smallest absolute Gasteiger partial charge is 0.478 e. The molecule has 51 heavy (non-hydrogen) atoms. The molecule has 9 N–H and O–H groups in total. The summed E-state index contributed by atoms with van der Waals surface area (Å²) in [4.78, 5) is 47.5. The second-order valence-electron chi connectivity index (χ2n) is 11.2. The number of hydrogen-bond acceptors (Lipinski definition) is 18. The molecular weight excluding hydrogens is 740 g/mol. The van der Waals surface area contributed by atoms with E-state index in [0.29, 0.717) is 0 Å². The lowest BCUT2D eigenvalue weighted by atomic mass is 10.1. The van der Waals surface area contributed by atoms with Gasteiger partial charge in [-0.1, -0.05) is 30.0 Å². The molecule has 2 aliphatic heterocycles. The van der Waals surface area contributed by atoms with Crippen molar-refractivity contribution in [2.75, 3.05) is 18.9 Å². The van der Waals surface area contributed by atoms with Crippen LogP contribution in [-0.2, 0) is 32.0 Å². The monoisotopic (exact) mass is 771 g/mol. The van der Waals surface area contributed by atoms with E-state index < -0.39 is 83.8 Å². The quantitative estimate of drug-likeness (QED) is 0.0601. The van der Waals surface area contributed by atoms with E-state index in [2.05, 4.69) is 23.8 Å². The molecule has 0 aliphatic carbocycles. The third-order valence-corrected chi connectivity index (χ3v) is 11.3. The minimum atomic E-state index is -5.66. The number of fused-ring (bicyclic) bond motifs is 1. The van der Waals surface area contributed by atoms with Crippen LogP contribution >= 0.6 is 27.4 Å². The Kier molecular flexibility index (Phi) is 10.9. The summed E-state index contributed by atoms with van der Waals surface area (Å²) >= 11 is 1.16. The molecule has 5 heterocycles. The SMILES string of the molecule is NC(=O)c1ccc[n+](C2OC(COP(=O)([O-])OP(=O)(O)OCC3OC(n4c(Sc5ccccc5)nc5c(N)ncnc54)C(O)C3O)C(O)C2O)c1. The zero-order valence-corrected chi connectivity index (χ0v) is 28.5. The van der Waals surface area contributed by atoms with E-state index >= 15 is 0 Å². The van der Waals surface area contributed by atoms with Crippen molar-refractivity contribution in [2.24, 2.45) is 5.73 Å². The van der Waals surface area contributed by atoms with Gasteiger partial charge in [-0.3, -0.25) is 18.5 Å². The van der Waals surface area contributed by atoms with E-state index in [1.165, 1.54) is 33.7 Å². The van der Waals surface area contributed by atoms with Gasteiger partial charge in [0.25, 0.3) is 20.0 Å². The number of amides is 1. The maximum Gasteiger partial charge on any atom is 0.478 e. The molecule has 2 fully saturated rings. The van der Waals surface area contributed by atoms with Gasteiger partial charge in [0.15, 0.2) is 46.9 Å². The minimum Gasteiger partial charge on any atom is -0.756 e. The average molecular weight is 772 g/mol. The number of pyridine rings is 1. The lowest BCUT2D eigenvalue weighted by Crippen LogP contribution is -2.46. The number of phosphoric acid groups is 2. The maximum absolute atomic E-state index is 12.6. The number of hydrogen-bond donors (Lipinski definition) is 7. The number of benzene rings is 1. The Balaban J connectivity index is 1.08. The van der Waals surface area contributed by atoms with Gasteiger partial charge in [0.05, 0.1) is 13.2 Å². The Labute approximate surface area is 291 Å². The van der Waals surface area contributed by atoms with Gasteiger partial charge in [-0.05, 0) is 18.2 Å². The van der Waals surface area contributed by atoms with Gasteiger partial charge in [0.1, 0.15) is 42.4 Å². The van der Waals surface area contributed by atoms with Crippen LogP contribution in [0, 0.1) is 0 Å². The first kappa shape index (κ1) is 37.3. The summed E-state index contributed by atoms with van der Waals surface area (Å²) in [6.07, 6.45) is -8.54. The number of ether oxygens (including phenoxy) is 2. The second kappa shape index (κ2) is 14.9. The fourth-order valence-corrected chi connectivity index (χ4v) is 8.28. The summed E-state index contributed by atoms with van der Waals surface area (Å²) in [5.41, 5.74) is 11.6. The number of phosphoric ester groups is 2. The van der Waals surface area contributed by atoms with Crippen LogP contribution in [0.2, 0.25) is 0 Å². The zero-order valence-electron chi connectivity index (χ0n) is 25.9. The highest BCUT2D eigenvalue weighted by Crippen LogP contribution is 2.58. The normalized spacial score (nSPS) is 28.8. The topological polar surface area (TPSA) is 321 Å². The summed E-state index contributed by atoms with van der Waals surface area (Å²) in [6.45, 7) is -1.92. The van der Waals surface area contributed by atoms with Crippen LogP contribution in [0.25, 0.3) is 11.2 Å². The standard InChI is InChI=1S/C27H31N7O14P2S/c28-22-17-24(31-12-30-22)34(27(32-17)51-14-6-2-1-3-7-14)26-21(38)19(36)16(47-26)11-45-50(42,43)48-49(40,41)44-10-15-18(35)20(37)25(46-15)33-8-4-5-13(9-33)23(29)39/h1-9,12,15-16,18-21,25-26,35-38H,10-11H2,(H5-,28,29,30,31,39,40,41,42,43). The van der Waals surface area contributed by atoms with Gasteiger partial charge in [-0.25, -0.2) is 23.8 Å². The Hall–Kier alpha value is -3.44. The van der Waals surface area contributed by atoms with Crippen molar-refractivity contribution in [3.05, 3.63) is 66.7 Å². The van der Waals surface area contributed by atoms with E-state index in [1.807, 2.05) is 6.07 Å². The summed E-state index contributed by atoms with van der Waals surface area (Å²) in [5, 5.41) is 42.8. The number of aromatic nitrogens is 5. The van der Waals surface area contributed by atoms with Crippen molar-refractivity contribution in [2.45, 2.75) is 59.1 Å². The van der Waals surface area contributed by atoms with Crippen molar-refractivity contribution >= 4 is 50.3 Å². The van der Waals surface area contributed by atoms with Crippen LogP contribution in [0.1, 0.15) is 22.8 Å². The highest BCUT2D eigenvalue weighted by molar-refractivity contribution is 7.99. The molecule has 10 atom stereocenters. The number of aliphatic hydroxyl groups excluding tert-OH is 4. The number of anilines is 1. The molecule has 10 unspecified atom stereocenters. The van der Waals surface area contributed by atoms with Crippen LogP contribution in [0.3, 0.4) is 0 Å². The molecule has 274 valence electrons. The molecule has 0 bridgehead atoms. The average Bonchev–Trinajstić information content (AvgIpc) is 3.69. The largest absolute Gasteiger partial charge is 0.756 e. The highest BCUT2D eigenvalue weighted by Gasteiger charge is 2.49. The fourth-order valence-electron chi connectivity index (χ4n) is 5.30.